The van der Waals surface area contributed by atoms with Gasteiger partial charge in [-0.15, -0.1) is 0 Å². The van der Waals surface area contributed by atoms with Gasteiger partial charge in [-0.25, -0.2) is 14.6 Å². The van der Waals surface area contributed by atoms with Crippen molar-refractivity contribution in [2.75, 3.05) is 19.6 Å². The molecule has 6 nitrogen and oxygen atoms in total. The first-order valence-corrected chi connectivity index (χ1v) is 7.27. The number of hydrazine groups is 1. The van der Waals surface area contributed by atoms with E-state index in [1.54, 1.807) is 18.2 Å². The van der Waals surface area contributed by atoms with Gasteiger partial charge in [0.05, 0.1) is 5.56 Å². The van der Waals surface area contributed by atoms with Crippen molar-refractivity contribution in [2.24, 2.45) is 0 Å². The minimum Gasteiger partial charge on any atom is -0.478 e. The van der Waals surface area contributed by atoms with Crippen molar-refractivity contribution in [1.82, 2.24) is 15.8 Å². The van der Waals surface area contributed by atoms with Gasteiger partial charge in [0.1, 0.15) is 0 Å². The lowest BCUT2D eigenvalue weighted by molar-refractivity contribution is 0.0696. The molecule has 1 aliphatic heterocycles. The molecule has 0 aromatic heterocycles. The largest absolute Gasteiger partial charge is 0.478 e. The molecule has 21 heavy (non-hydrogen) atoms. The Morgan fingerprint density at radius 2 is 1.95 bits per heavy atom. The molecule has 0 unspecified atom stereocenters. The summed E-state index contributed by atoms with van der Waals surface area (Å²) in [5.74, 6) is -0.937. The number of nitrogens with one attached hydrogen (secondary N) is 2. The van der Waals surface area contributed by atoms with Crippen molar-refractivity contribution in [2.45, 2.75) is 25.7 Å². The number of urea groups is 1. The molecule has 3 N–H and O–H groups in total. The highest BCUT2D eigenvalue weighted by atomic mass is 16.4. The van der Waals surface area contributed by atoms with Gasteiger partial charge < -0.3 is 10.4 Å². The van der Waals surface area contributed by atoms with E-state index in [9.17, 15) is 9.59 Å². The lowest BCUT2D eigenvalue weighted by Gasteiger charge is -2.26. The van der Waals surface area contributed by atoms with E-state index in [-0.39, 0.29) is 11.6 Å². The average molecular weight is 291 g/mol. The Bertz CT molecular complexity index is 499. The highest BCUT2D eigenvalue weighted by Gasteiger charge is 2.12. The van der Waals surface area contributed by atoms with Crippen LogP contribution in [0.5, 0.6) is 0 Å². The fourth-order valence-electron chi connectivity index (χ4n) is 2.37. The predicted molar refractivity (Wildman–Crippen MR) is 79.1 cm³/mol. The van der Waals surface area contributed by atoms with Crippen LogP contribution in [0.3, 0.4) is 0 Å². The number of piperidine rings is 1. The van der Waals surface area contributed by atoms with Crippen LogP contribution in [0.2, 0.25) is 0 Å². The van der Waals surface area contributed by atoms with Crippen molar-refractivity contribution < 1.29 is 14.7 Å². The van der Waals surface area contributed by atoms with E-state index >= 15 is 0 Å². The van der Waals surface area contributed by atoms with Crippen LogP contribution >= 0.6 is 0 Å². The molecule has 0 spiro atoms. The van der Waals surface area contributed by atoms with E-state index in [4.69, 9.17) is 5.11 Å². The van der Waals surface area contributed by atoms with Crippen molar-refractivity contribution in [3.8, 4) is 0 Å². The number of carbonyl (C=O) groups is 2. The molecule has 1 aliphatic rings. The second-order valence-corrected chi connectivity index (χ2v) is 5.17. The van der Waals surface area contributed by atoms with Gasteiger partial charge in [0.2, 0.25) is 0 Å². The molecule has 0 bridgehead atoms. The average Bonchev–Trinajstić information content (AvgIpc) is 2.48. The quantitative estimate of drug-likeness (QED) is 0.770. The molecule has 0 radical (unpaired) electrons. The third-order valence-corrected chi connectivity index (χ3v) is 3.49. The van der Waals surface area contributed by atoms with Crippen molar-refractivity contribution in [3.63, 3.8) is 0 Å². The van der Waals surface area contributed by atoms with E-state index in [0.717, 1.165) is 31.5 Å². The molecular formula is C15H21N3O3. The van der Waals surface area contributed by atoms with Gasteiger partial charge in [-0.05, 0) is 37.0 Å². The number of carbonyl (C=O) groups excluding carboxylic acids is 1. The fourth-order valence-corrected chi connectivity index (χ4v) is 2.37. The summed E-state index contributed by atoms with van der Waals surface area (Å²) >= 11 is 0. The van der Waals surface area contributed by atoms with Gasteiger partial charge in [-0.3, -0.25) is 5.43 Å². The van der Waals surface area contributed by atoms with Gasteiger partial charge >= 0.3 is 12.0 Å². The number of carboxylic acids is 1. The Morgan fingerprint density at radius 3 is 2.67 bits per heavy atom. The lowest BCUT2D eigenvalue weighted by Crippen LogP contribution is -2.49. The Kier molecular flexibility index (Phi) is 5.57. The van der Waals surface area contributed by atoms with Crippen LogP contribution in [0.1, 0.15) is 35.2 Å². The zero-order chi connectivity index (χ0) is 15.1. The molecule has 0 atom stereocenters. The Labute approximate surface area is 124 Å². The van der Waals surface area contributed by atoms with Crippen LogP contribution in [0.15, 0.2) is 24.3 Å². The normalized spacial score (nSPS) is 15.4. The summed E-state index contributed by atoms with van der Waals surface area (Å²) in [5.41, 5.74) is 3.99. The summed E-state index contributed by atoms with van der Waals surface area (Å²) in [6, 6.07) is 6.56. The number of hydrogen-bond donors (Lipinski definition) is 3. The van der Waals surface area contributed by atoms with Gasteiger partial charge in [-0.2, -0.15) is 0 Å². The second kappa shape index (κ2) is 7.64. The fraction of sp³-hybridized carbons (Fsp3) is 0.467. The SMILES string of the molecule is O=C(NCCc1cccc(C(=O)O)c1)NN1CCCCC1. The van der Waals surface area contributed by atoms with Crippen LogP contribution in [0.25, 0.3) is 0 Å². The maximum atomic E-state index is 11.7. The number of carboxylic acid groups (broad SMARTS) is 1. The van der Waals surface area contributed by atoms with E-state index in [2.05, 4.69) is 10.7 Å². The van der Waals surface area contributed by atoms with Gasteiger partial charge in [0.25, 0.3) is 0 Å². The highest BCUT2D eigenvalue weighted by Crippen LogP contribution is 2.06. The monoisotopic (exact) mass is 291 g/mol. The first-order valence-electron chi connectivity index (χ1n) is 7.27. The molecule has 0 saturated carbocycles. The molecule has 1 heterocycles. The van der Waals surface area contributed by atoms with Crippen LogP contribution in [-0.2, 0) is 6.42 Å². The summed E-state index contributed by atoms with van der Waals surface area (Å²) in [5, 5.41) is 13.6. The number of amides is 2. The molecular weight excluding hydrogens is 270 g/mol. The molecule has 2 rings (SSSR count). The number of rotatable bonds is 5. The molecule has 6 heteroatoms. The van der Waals surface area contributed by atoms with Crippen LogP contribution in [0.4, 0.5) is 4.79 Å². The molecule has 2 amide bonds. The minimum atomic E-state index is -0.937. The van der Waals surface area contributed by atoms with Gasteiger partial charge in [-0.1, -0.05) is 18.6 Å². The van der Waals surface area contributed by atoms with E-state index < -0.39 is 5.97 Å². The zero-order valence-electron chi connectivity index (χ0n) is 12.0. The van der Waals surface area contributed by atoms with Crippen molar-refractivity contribution >= 4 is 12.0 Å². The van der Waals surface area contributed by atoms with Crippen LogP contribution in [-0.4, -0.2) is 41.8 Å². The van der Waals surface area contributed by atoms with E-state index in [1.807, 2.05) is 11.1 Å². The van der Waals surface area contributed by atoms with E-state index in [0.29, 0.717) is 13.0 Å². The van der Waals surface area contributed by atoms with Crippen LogP contribution < -0.4 is 10.7 Å². The Morgan fingerprint density at radius 1 is 1.19 bits per heavy atom. The smallest absolute Gasteiger partial charge is 0.335 e. The summed E-state index contributed by atoms with van der Waals surface area (Å²) in [6.45, 7) is 2.27. The number of benzene rings is 1. The molecule has 1 fully saturated rings. The summed E-state index contributed by atoms with van der Waals surface area (Å²) < 4.78 is 0. The maximum absolute atomic E-state index is 11.7. The maximum Gasteiger partial charge on any atom is 0.335 e. The predicted octanol–water partition coefficient (Wildman–Crippen LogP) is 1.63. The Hall–Kier alpha value is -2.08. The molecule has 0 aliphatic carbocycles. The lowest BCUT2D eigenvalue weighted by atomic mass is 10.1. The van der Waals surface area contributed by atoms with Crippen molar-refractivity contribution in [1.29, 1.82) is 0 Å². The Balaban J connectivity index is 1.72. The standard InChI is InChI=1S/C15H21N3O3/c19-14(20)13-6-4-5-12(11-13)7-8-16-15(21)17-18-9-2-1-3-10-18/h4-6,11H,1-3,7-10H2,(H,19,20)(H2,16,17,21). The summed E-state index contributed by atoms with van der Waals surface area (Å²) in [4.78, 5) is 22.6. The first kappa shape index (κ1) is 15.3. The van der Waals surface area contributed by atoms with Gasteiger partial charge in [0, 0.05) is 19.6 Å². The third-order valence-electron chi connectivity index (χ3n) is 3.49. The summed E-state index contributed by atoms with van der Waals surface area (Å²) in [7, 11) is 0. The number of aromatic carboxylic acids is 1. The second-order valence-electron chi connectivity index (χ2n) is 5.17. The highest BCUT2D eigenvalue weighted by molar-refractivity contribution is 5.87. The van der Waals surface area contributed by atoms with Crippen LogP contribution in [0, 0.1) is 0 Å². The molecule has 1 saturated heterocycles. The number of hydrogen-bond acceptors (Lipinski definition) is 3. The minimum absolute atomic E-state index is 0.203. The van der Waals surface area contributed by atoms with Crippen molar-refractivity contribution in [3.05, 3.63) is 35.4 Å². The number of nitrogens with zero attached hydrogens (tertiary/aromatic N) is 1. The zero-order valence-corrected chi connectivity index (χ0v) is 12.0. The molecule has 1 aromatic carbocycles. The topological polar surface area (TPSA) is 81.7 Å². The molecule has 1 aromatic rings. The van der Waals surface area contributed by atoms with Gasteiger partial charge in [0.15, 0.2) is 0 Å². The summed E-state index contributed by atoms with van der Waals surface area (Å²) in [6.07, 6.45) is 4.05. The van der Waals surface area contributed by atoms with E-state index in [1.165, 1.54) is 6.42 Å². The molecule has 114 valence electrons. The first-order chi connectivity index (χ1) is 10.1. The third kappa shape index (κ3) is 5.07.